The molecular formula is C16H24BrNO3. The van der Waals surface area contributed by atoms with Crippen molar-refractivity contribution in [2.24, 2.45) is 5.92 Å². The average molecular weight is 358 g/mol. The van der Waals surface area contributed by atoms with Gasteiger partial charge in [-0.05, 0) is 36.6 Å². The normalized spacial score (nSPS) is 10.9. The fourth-order valence-corrected chi connectivity index (χ4v) is 2.30. The summed E-state index contributed by atoms with van der Waals surface area (Å²) < 4.78 is 11.1. The molecule has 0 fully saturated rings. The van der Waals surface area contributed by atoms with Gasteiger partial charge in [0.05, 0.1) is 12.7 Å². The average Bonchev–Trinajstić information content (AvgIpc) is 2.46. The van der Waals surface area contributed by atoms with Crippen LogP contribution in [0.5, 0.6) is 0 Å². The number of methoxy groups -OCH3 is 1. The third-order valence-electron chi connectivity index (χ3n) is 2.88. The van der Waals surface area contributed by atoms with Crippen LogP contribution in [0.3, 0.4) is 0 Å². The summed E-state index contributed by atoms with van der Waals surface area (Å²) in [6.07, 6.45) is 0.991. The number of carbonyl (C=O) groups is 1. The van der Waals surface area contributed by atoms with Gasteiger partial charge >= 0.3 is 5.97 Å². The first-order chi connectivity index (χ1) is 10.0. The fourth-order valence-electron chi connectivity index (χ4n) is 1.78. The number of esters is 1. The van der Waals surface area contributed by atoms with Crippen LogP contribution in [0, 0.1) is 5.92 Å². The van der Waals surface area contributed by atoms with Crippen molar-refractivity contribution >= 4 is 21.9 Å². The number of hydrogen-bond donors (Lipinski definition) is 1. The Kier molecular flexibility index (Phi) is 8.57. The Bertz CT molecular complexity index is 449. The van der Waals surface area contributed by atoms with Gasteiger partial charge in [-0.2, -0.15) is 0 Å². The van der Waals surface area contributed by atoms with Gasteiger partial charge in [0.1, 0.15) is 0 Å². The van der Waals surface area contributed by atoms with Crippen molar-refractivity contribution in [2.75, 3.05) is 26.9 Å². The number of benzene rings is 1. The van der Waals surface area contributed by atoms with E-state index in [9.17, 15) is 4.79 Å². The molecule has 0 atom stereocenters. The molecule has 1 aromatic rings. The molecule has 4 nitrogen and oxygen atoms in total. The van der Waals surface area contributed by atoms with Gasteiger partial charge in [0.2, 0.25) is 0 Å². The van der Waals surface area contributed by atoms with Crippen molar-refractivity contribution in [1.82, 2.24) is 5.32 Å². The predicted octanol–water partition coefficient (Wildman–Crippen LogP) is 3.39. The van der Waals surface area contributed by atoms with E-state index in [4.69, 9.17) is 9.47 Å². The lowest BCUT2D eigenvalue weighted by atomic mass is 10.1. The van der Waals surface area contributed by atoms with Crippen molar-refractivity contribution in [1.29, 1.82) is 0 Å². The molecule has 0 amide bonds. The highest BCUT2D eigenvalue weighted by molar-refractivity contribution is 9.10. The zero-order valence-electron chi connectivity index (χ0n) is 12.9. The molecule has 0 saturated carbocycles. The van der Waals surface area contributed by atoms with Crippen LogP contribution in [-0.2, 0) is 16.0 Å². The summed E-state index contributed by atoms with van der Waals surface area (Å²) in [5, 5.41) is 3.37. The SMILES string of the molecule is COC(=O)c1ccc(CNCCCOCC(C)C)c(Br)c1. The van der Waals surface area contributed by atoms with E-state index in [0.717, 1.165) is 42.8 Å². The second-order valence-electron chi connectivity index (χ2n) is 5.30. The number of hydrogen-bond acceptors (Lipinski definition) is 4. The summed E-state index contributed by atoms with van der Waals surface area (Å²) in [7, 11) is 1.38. The molecule has 5 heteroatoms. The first-order valence-electron chi connectivity index (χ1n) is 7.19. The van der Waals surface area contributed by atoms with Crippen molar-refractivity contribution in [2.45, 2.75) is 26.8 Å². The molecule has 0 aromatic heterocycles. The van der Waals surface area contributed by atoms with Gasteiger partial charge in [0.25, 0.3) is 0 Å². The quantitative estimate of drug-likeness (QED) is 0.543. The maximum Gasteiger partial charge on any atom is 0.337 e. The molecule has 1 aromatic carbocycles. The summed E-state index contributed by atoms with van der Waals surface area (Å²) in [6.45, 7) is 7.56. The maximum absolute atomic E-state index is 11.4. The van der Waals surface area contributed by atoms with Crippen molar-refractivity contribution in [3.05, 3.63) is 33.8 Å². The molecule has 0 radical (unpaired) electrons. The molecule has 0 unspecified atom stereocenters. The van der Waals surface area contributed by atoms with E-state index >= 15 is 0 Å². The first kappa shape index (κ1) is 18.1. The van der Waals surface area contributed by atoms with Crippen LogP contribution in [0.1, 0.15) is 36.2 Å². The number of ether oxygens (including phenoxy) is 2. The fraction of sp³-hybridized carbons (Fsp3) is 0.562. The highest BCUT2D eigenvalue weighted by Gasteiger charge is 2.08. The van der Waals surface area contributed by atoms with E-state index in [1.165, 1.54) is 7.11 Å². The van der Waals surface area contributed by atoms with Gasteiger partial charge < -0.3 is 14.8 Å². The van der Waals surface area contributed by atoms with E-state index in [1.807, 2.05) is 6.07 Å². The van der Waals surface area contributed by atoms with Crippen LogP contribution < -0.4 is 5.32 Å². The van der Waals surface area contributed by atoms with Crippen LogP contribution >= 0.6 is 15.9 Å². The monoisotopic (exact) mass is 357 g/mol. The molecule has 0 bridgehead atoms. The lowest BCUT2D eigenvalue weighted by Gasteiger charge is -2.09. The van der Waals surface area contributed by atoms with Gasteiger partial charge in [-0.1, -0.05) is 35.8 Å². The Balaban J connectivity index is 2.28. The third-order valence-corrected chi connectivity index (χ3v) is 3.62. The Morgan fingerprint density at radius 3 is 2.76 bits per heavy atom. The Morgan fingerprint density at radius 1 is 1.38 bits per heavy atom. The Labute approximate surface area is 135 Å². The Morgan fingerprint density at radius 2 is 2.14 bits per heavy atom. The number of halogens is 1. The third kappa shape index (κ3) is 7.07. The minimum atomic E-state index is -0.322. The molecule has 1 N–H and O–H groups in total. The zero-order valence-corrected chi connectivity index (χ0v) is 14.5. The molecule has 21 heavy (non-hydrogen) atoms. The van der Waals surface area contributed by atoms with E-state index < -0.39 is 0 Å². The largest absolute Gasteiger partial charge is 0.465 e. The minimum absolute atomic E-state index is 0.322. The minimum Gasteiger partial charge on any atom is -0.465 e. The molecule has 0 spiro atoms. The van der Waals surface area contributed by atoms with E-state index in [0.29, 0.717) is 11.5 Å². The molecule has 0 aliphatic heterocycles. The van der Waals surface area contributed by atoms with Gasteiger partial charge in [0.15, 0.2) is 0 Å². The van der Waals surface area contributed by atoms with E-state index in [1.54, 1.807) is 12.1 Å². The van der Waals surface area contributed by atoms with Gasteiger partial charge in [-0.25, -0.2) is 4.79 Å². The summed E-state index contributed by atoms with van der Waals surface area (Å²) in [5.41, 5.74) is 1.67. The van der Waals surface area contributed by atoms with Gasteiger partial charge in [0, 0.05) is 24.2 Å². The predicted molar refractivity (Wildman–Crippen MR) is 87.5 cm³/mol. The highest BCUT2D eigenvalue weighted by atomic mass is 79.9. The Hall–Kier alpha value is -0.910. The molecule has 118 valence electrons. The molecule has 0 aliphatic rings. The summed E-state index contributed by atoms with van der Waals surface area (Å²) in [6, 6.07) is 5.49. The van der Waals surface area contributed by atoms with Crippen LogP contribution in [-0.4, -0.2) is 32.8 Å². The molecule has 0 saturated heterocycles. The van der Waals surface area contributed by atoms with Crippen LogP contribution in [0.4, 0.5) is 0 Å². The van der Waals surface area contributed by atoms with Crippen molar-refractivity contribution in [3.8, 4) is 0 Å². The van der Waals surface area contributed by atoms with Crippen molar-refractivity contribution < 1.29 is 14.3 Å². The smallest absolute Gasteiger partial charge is 0.337 e. The molecule has 1 rings (SSSR count). The number of rotatable bonds is 9. The standard InChI is InChI=1S/C16H24BrNO3/c1-12(2)11-21-8-4-7-18-10-14-6-5-13(9-15(14)17)16(19)20-3/h5-6,9,12,18H,4,7-8,10-11H2,1-3H3. The summed E-state index contributed by atoms with van der Waals surface area (Å²) in [5.74, 6) is 0.264. The van der Waals surface area contributed by atoms with Crippen LogP contribution in [0.2, 0.25) is 0 Å². The topological polar surface area (TPSA) is 47.6 Å². The van der Waals surface area contributed by atoms with E-state index in [-0.39, 0.29) is 5.97 Å². The first-order valence-corrected chi connectivity index (χ1v) is 7.99. The number of carbonyl (C=O) groups excluding carboxylic acids is 1. The molecule has 0 heterocycles. The second kappa shape index (κ2) is 9.92. The molecule has 0 aliphatic carbocycles. The zero-order chi connectivity index (χ0) is 15.7. The van der Waals surface area contributed by atoms with Crippen molar-refractivity contribution in [3.63, 3.8) is 0 Å². The lowest BCUT2D eigenvalue weighted by molar-refractivity contribution is 0.0600. The van der Waals surface area contributed by atoms with Crippen LogP contribution in [0.25, 0.3) is 0 Å². The lowest BCUT2D eigenvalue weighted by Crippen LogP contribution is -2.17. The summed E-state index contributed by atoms with van der Waals surface area (Å²) in [4.78, 5) is 11.4. The van der Waals surface area contributed by atoms with Gasteiger partial charge in [-0.15, -0.1) is 0 Å². The second-order valence-corrected chi connectivity index (χ2v) is 6.15. The number of nitrogens with one attached hydrogen (secondary N) is 1. The summed E-state index contributed by atoms with van der Waals surface area (Å²) >= 11 is 3.48. The van der Waals surface area contributed by atoms with E-state index in [2.05, 4.69) is 35.1 Å². The molecular weight excluding hydrogens is 334 g/mol. The van der Waals surface area contributed by atoms with Gasteiger partial charge in [-0.3, -0.25) is 0 Å². The highest BCUT2D eigenvalue weighted by Crippen LogP contribution is 2.19. The van der Waals surface area contributed by atoms with Crippen LogP contribution in [0.15, 0.2) is 22.7 Å². The maximum atomic E-state index is 11.4.